The van der Waals surface area contributed by atoms with E-state index in [4.69, 9.17) is 0 Å². The van der Waals surface area contributed by atoms with Gasteiger partial charge in [-0.15, -0.1) is 0 Å². The summed E-state index contributed by atoms with van der Waals surface area (Å²) in [6.07, 6.45) is 1.37. The Morgan fingerprint density at radius 2 is 2.25 bits per heavy atom. The third-order valence-corrected chi connectivity index (χ3v) is 3.80. The van der Waals surface area contributed by atoms with Gasteiger partial charge >= 0.3 is 5.97 Å². The highest BCUT2D eigenvalue weighted by Gasteiger charge is 2.19. The lowest BCUT2D eigenvalue weighted by Gasteiger charge is -2.19. The van der Waals surface area contributed by atoms with Gasteiger partial charge in [-0.25, -0.2) is 0 Å². The van der Waals surface area contributed by atoms with Gasteiger partial charge in [-0.2, -0.15) is 0 Å². The molecule has 0 spiro atoms. The van der Waals surface area contributed by atoms with Gasteiger partial charge in [0.25, 0.3) is 0 Å². The van der Waals surface area contributed by atoms with Crippen molar-refractivity contribution < 1.29 is 14.3 Å². The van der Waals surface area contributed by atoms with Gasteiger partial charge in [0.05, 0.1) is 7.11 Å². The summed E-state index contributed by atoms with van der Waals surface area (Å²) < 4.78 is 5.51. The maximum Gasteiger partial charge on any atom is 0.325 e. The average Bonchev–Trinajstić information content (AvgIpc) is 2.84. The lowest BCUT2D eigenvalue weighted by molar-refractivity contribution is -0.141. The number of nitrogens with zero attached hydrogens (tertiary/aromatic N) is 1. The third kappa shape index (κ3) is 3.72. The lowest BCUT2D eigenvalue weighted by Crippen LogP contribution is -2.33. The van der Waals surface area contributed by atoms with Gasteiger partial charge in [0, 0.05) is 29.7 Å². The normalized spacial score (nSPS) is 13.0. The summed E-state index contributed by atoms with van der Waals surface area (Å²) in [5.74, 6) is -0.576. The van der Waals surface area contributed by atoms with Crippen molar-refractivity contribution in [3.8, 4) is 0 Å². The minimum Gasteiger partial charge on any atom is -0.468 e. The van der Waals surface area contributed by atoms with E-state index >= 15 is 0 Å². The smallest absolute Gasteiger partial charge is 0.325 e. The first-order valence-corrected chi connectivity index (χ1v) is 7.26. The molecule has 1 aromatic rings. The molecule has 0 bridgehead atoms. The SMILES string of the molecule is COC(=O)CNC(=O)CCN1CCc2ccc(Br)cc21. The van der Waals surface area contributed by atoms with Gasteiger partial charge < -0.3 is 15.0 Å². The maximum absolute atomic E-state index is 11.6. The molecule has 5 nitrogen and oxygen atoms in total. The molecule has 0 atom stereocenters. The maximum atomic E-state index is 11.6. The number of nitrogens with one attached hydrogen (secondary N) is 1. The lowest BCUT2D eigenvalue weighted by atomic mass is 10.2. The first-order chi connectivity index (χ1) is 9.60. The molecule has 0 fully saturated rings. The highest BCUT2D eigenvalue weighted by molar-refractivity contribution is 9.10. The fourth-order valence-electron chi connectivity index (χ4n) is 2.22. The molecule has 0 saturated heterocycles. The van der Waals surface area contributed by atoms with Crippen LogP contribution < -0.4 is 10.2 Å². The van der Waals surface area contributed by atoms with Gasteiger partial charge in [-0.3, -0.25) is 9.59 Å². The molecule has 1 aliphatic heterocycles. The zero-order valence-corrected chi connectivity index (χ0v) is 12.9. The highest BCUT2D eigenvalue weighted by Crippen LogP contribution is 2.30. The van der Waals surface area contributed by atoms with Crippen LogP contribution in [0.25, 0.3) is 0 Å². The number of carbonyl (C=O) groups excluding carboxylic acids is 2. The van der Waals surface area contributed by atoms with Gasteiger partial charge in [0.1, 0.15) is 6.54 Å². The first kappa shape index (κ1) is 14.8. The van der Waals surface area contributed by atoms with Gasteiger partial charge in [0.15, 0.2) is 0 Å². The molecule has 20 heavy (non-hydrogen) atoms. The number of rotatable bonds is 5. The molecule has 0 aliphatic carbocycles. The number of carbonyl (C=O) groups is 2. The van der Waals surface area contributed by atoms with Crippen molar-refractivity contribution in [2.75, 3.05) is 31.6 Å². The van der Waals surface area contributed by atoms with E-state index in [0.717, 1.165) is 17.4 Å². The van der Waals surface area contributed by atoms with Crippen molar-refractivity contribution in [2.24, 2.45) is 0 Å². The second-order valence-electron chi connectivity index (χ2n) is 4.61. The standard InChI is InChI=1S/C14H17BrN2O3/c1-20-14(19)9-16-13(18)5-7-17-6-4-10-2-3-11(15)8-12(10)17/h2-3,8H,4-7,9H2,1H3,(H,16,18). The monoisotopic (exact) mass is 340 g/mol. The van der Waals surface area contributed by atoms with Crippen LogP contribution in [0, 0.1) is 0 Å². The summed E-state index contributed by atoms with van der Waals surface area (Å²) >= 11 is 3.46. The number of hydrogen-bond acceptors (Lipinski definition) is 4. The van der Waals surface area contributed by atoms with Crippen molar-refractivity contribution in [3.05, 3.63) is 28.2 Å². The Morgan fingerprint density at radius 3 is 3.00 bits per heavy atom. The number of esters is 1. The van der Waals surface area contributed by atoms with Gasteiger partial charge in [0.2, 0.25) is 5.91 Å². The fraction of sp³-hybridized carbons (Fsp3) is 0.429. The molecule has 1 amide bonds. The Kier molecular flexibility index (Phi) is 5.00. The van der Waals surface area contributed by atoms with E-state index in [2.05, 4.69) is 43.0 Å². The molecule has 0 saturated carbocycles. The summed E-state index contributed by atoms with van der Waals surface area (Å²) in [5.41, 5.74) is 2.49. The van der Waals surface area contributed by atoms with Crippen molar-refractivity contribution in [3.63, 3.8) is 0 Å². The predicted octanol–water partition coefficient (Wildman–Crippen LogP) is 1.49. The van der Waals surface area contributed by atoms with Crippen LogP contribution in [0.2, 0.25) is 0 Å². The Hall–Kier alpha value is -1.56. The number of fused-ring (bicyclic) bond motifs is 1. The number of amides is 1. The highest BCUT2D eigenvalue weighted by atomic mass is 79.9. The average molecular weight is 341 g/mol. The Balaban J connectivity index is 1.83. The van der Waals surface area contributed by atoms with Crippen LogP contribution in [0.5, 0.6) is 0 Å². The Labute approximate surface area is 126 Å². The largest absolute Gasteiger partial charge is 0.468 e. The molecular formula is C14H17BrN2O3. The predicted molar refractivity (Wildman–Crippen MR) is 79.7 cm³/mol. The second-order valence-corrected chi connectivity index (χ2v) is 5.53. The number of ether oxygens (including phenoxy) is 1. The van der Waals surface area contributed by atoms with Crippen LogP contribution in [0.3, 0.4) is 0 Å². The van der Waals surface area contributed by atoms with E-state index in [1.807, 2.05) is 6.07 Å². The zero-order chi connectivity index (χ0) is 14.5. The van der Waals surface area contributed by atoms with Crippen molar-refractivity contribution in [1.82, 2.24) is 5.32 Å². The Bertz CT molecular complexity index is 519. The van der Waals surface area contributed by atoms with Crippen LogP contribution in [-0.2, 0) is 20.7 Å². The first-order valence-electron chi connectivity index (χ1n) is 6.47. The molecule has 2 rings (SSSR count). The zero-order valence-electron chi connectivity index (χ0n) is 11.3. The molecule has 0 radical (unpaired) electrons. The quantitative estimate of drug-likeness (QED) is 0.825. The van der Waals surface area contributed by atoms with E-state index in [-0.39, 0.29) is 12.5 Å². The van der Waals surface area contributed by atoms with Gasteiger partial charge in [-0.05, 0) is 24.1 Å². The minimum absolute atomic E-state index is 0.0720. The molecule has 0 aromatic heterocycles. The number of benzene rings is 1. The number of halogens is 1. The molecule has 1 heterocycles. The summed E-state index contributed by atoms with van der Waals surface area (Å²) in [4.78, 5) is 24.8. The van der Waals surface area contributed by atoms with E-state index in [1.165, 1.54) is 18.4 Å². The molecule has 1 aliphatic rings. The van der Waals surface area contributed by atoms with Gasteiger partial charge in [-0.1, -0.05) is 22.0 Å². The number of methoxy groups -OCH3 is 1. The summed E-state index contributed by atoms with van der Waals surface area (Å²) in [6, 6.07) is 6.22. The van der Waals surface area contributed by atoms with Crippen LogP contribution in [0.4, 0.5) is 5.69 Å². The summed E-state index contributed by atoms with van der Waals surface area (Å²) in [5, 5.41) is 2.54. The molecule has 6 heteroatoms. The third-order valence-electron chi connectivity index (χ3n) is 3.31. The van der Waals surface area contributed by atoms with E-state index in [1.54, 1.807) is 0 Å². The topological polar surface area (TPSA) is 58.6 Å². The van der Waals surface area contributed by atoms with Crippen LogP contribution in [0.15, 0.2) is 22.7 Å². The molecular weight excluding hydrogens is 324 g/mol. The van der Waals surface area contributed by atoms with E-state index in [0.29, 0.717) is 13.0 Å². The van der Waals surface area contributed by atoms with Crippen LogP contribution in [0.1, 0.15) is 12.0 Å². The fourth-order valence-corrected chi connectivity index (χ4v) is 2.57. The minimum atomic E-state index is -0.436. The van der Waals surface area contributed by atoms with Crippen molar-refractivity contribution >= 4 is 33.5 Å². The number of anilines is 1. The van der Waals surface area contributed by atoms with Crippen molar-refractivity contribution in [2.45, 2.75) is 12.8 Å². The number of hydrogen-bond donors (Lipinski definition) is 1. The van der Waals surface area contributed by atoms with Crippen LogP contribution >= 0.6 is 15.9 Å². The second kappa shape index (κ2) is 6.74. The van der Waals surface area contributed by atoms with E-state index in [9.17, 15) is 9.59 Å². The molecule has 1 aromatic carbocycles. The molecule has 0 unspecified atom stereocenters. The summed E-state index contributed by atoms with van der Waals surface area (Å²) in [6.45, 7) is 1.50. The van der Waals surface area contributed by atoms with Crippen molar-refractivity contribution in [1.29, 1.82) is 0 Å². The van der Waals surface area contributed by atoms with Crippen LogP contribution in [-0.4, -0.2) is 38.6 Å². The van der Waals surface area contributed by atoms with E-state index < -0.39 is 5.97 Å². The molecule has 108 valence electrons. The molecule has 1 N–H and O–H groups in total. The Morgan fingerprint density at radius 1 is 1.45 bits per heavy atom. The summed E-state index contributed by atoms with van der Waals surface area (Å²) in [7, 11) is 1.30.